The van der Waals surface area contributed by atoms with Crippen molar-refractivity contribution >= 4 is 23.4 Å². The molecule has 0 aliphatic heterocycles. The summed E-state index contributed by atoms with van der Waals surface area (Å²) in [6.07, 6.45) is 0.934. The van der Waals surface area contributed by atoms with E-state index < -0.39 is 0 Å². The van der Waals surface area contributed by atoms with Crippen LogP contribution in [-0.4, -0.2) is 24.9 Å². The standard InChI is InChI=1S/C25H25ClN2O2/c26-22-15-13-21(14-16-22)25(30)27-17-7-12-24(29)28-18-23(19-8-3-1-4-9-19)20-10-5-2-6-11-20/h1-6,8-11,13-16,23H,7,12,17-18H2,(H,27,30)(H,28,29). The van der Waals surface area contributed by atoms with E-state index in [0.29, 0.717) is 36.5 Å². The molecular weight excluding hydrogens is 396 g/mol. The number of hydrogen-bond acceptors (Lipinski definition) is 2. The Labute approximate surface area is 182 Å². The first-order valence-corrected chi connectivity index (χ1v) is 10.4. The van der Waals surface area contributed by atoms with Crippen molar-refractivity contribution < 1.29 is 9.59 Å². The minimum atomic E-state index is -0.166. The zero-order valence-electron chi connectivity index (χ0n) is 16.7. The molecule has 3 aromatic rings. The van der Waals surface area contributed by atoms with Crippen LogP contribution in [0.15, 0.2) is 84.9 Å². The molecule has 5 heteroatoms. The van der Waals surface area contributed by atoms with Gasteiger partial charge < -0.3 is 10.6 Å². The molecule has 0 aliphatic carbocycles. The van der Waals surface area contributed by atoms with Gasteiger partial charge in [0, 0.05) is 36.0 Å². The molecule has 0 aromatic heterocycles. The highest BCUT2D eigenvalue weighted by Crippen LogP contribution is 2.23. The smallest absolute Gasteiger partial charge is 0.251 e. The van der Waals surface area contributed by atoms with Crippen LogP contribution in [0.25, 0.3) is 0 Å². The van der Waals surface area contributed by atoms with Gasteiger partial charge in [0.05, 0.1) is 0 Å². The molecular formula is C25H25ClN2O2. The minimum absolute atomic E-state index is 0.0207. The van der Waals surface area contributed by atoms with Gasteiger partial charge in [0.25, 0.3) is 5.91 Å². The number of carbonyl (C=O) groups excluding carboxylic acids is 2. The summed E-state index contributed by atoms with van der Waals surface area (Å²) in [5, 5.41) is 6.46. The van der Waals surface area contributed by atoms with Crippen LogP contribution in [0, 0.1) is 0 Å². The van der Waals surface area contributed by atoms with E-state index in [-0.39, 0.29) is 17.7 Å². The zero-order valence-corrected chi connectivity index (χ0v) is 17.4. The van der Waals surface area contributed by atoms with Crippen molar-refractivity contribution in [2.45, 2.75) is 18.8 Å². The van der Waals surface area contributed by atoms with Gasteiger partial charge >= 0.3 is 0 Å². The fourth-order valence-electron chi connectivity index (χ4n) is 3.26. The van der Waals surface area contributed by atoms with Crippen LogP contribution in [0.3, 0.4) is 0 Å². The summed E-state index contributed by atoms with van der Waals surface area (Å²) in [5.74, 6) is -0.0890. The molecule has 3 rings (SSSR count). The number of carbonyl (C=O) groups is 2. The van der Waals surface area contributed by atoms with Crippen LogP contribution in [0.4, 0.5) is 0 Å². The third-order valence-corrected chi connectivity index (χ3v) is 5.13. The molecule has 0 saturated carbocycles. The van der Waals surface area contributed by atoms with E-state index in [0.717, 1.165) is 0 Å². The van der Waals surface area contributed by atoms with Crippen molar-refractivity contribution in [1.29, 1.82) is 0 Å². The summed E-state index contributed by atoms with van der Waals surface area (Å²) in [6.45, 7) is 0.972. The molecule has 3 aromatic carbocycles. The molecule has 0 fully saturated rings. The van der Waals surface area contributed by atoms with Crippen LogP contribution in [0.1, 0.15) is 40.2 Å². The second-order valence-corrected chi connectivity index (χ2v) is 7.48. The summed E-state index contributed by atoms with van der Waals surface area (Å²) >= 11 is 5.83. The molecule has 2 N–H and O–H groups in total. The van der Waals surface area contributed by atoms with Gasteiger partial charge in [0.1, 0.15) is 0 Å². The average Bonchev–Trinajstić information content (AvgIpc) is 2.78. The molecule has 2 amide bonds. The molecule has 0 atom stereocenters. The van der Waals surface area contributed by atoms with Crippen molar-refractivity contribution in [3.05, 3.63) is 107 Å². The van der Waals surface area contributed by atoms with Crippen LogP contribution in [0.2, 0.25) is 5.02 Å². The fourth-order valence-corrected chi connectivity index (χ4v) is 3.38. The number of halogens is 1. The van der Waals surface area contributed by atoms with Crippen LogP contribution in [0.5, 0.6) is 0 Å². The Bertz CT molecular complexity index is 904. The van der Waals surface area contributed by atoms with Gasteiger partial charge in [-0.25, -0.2) is 0 Å². The largest absolute Gasteiger partial charge is 0.355 e. The first kappa shape index (κ1) is 21.6. The number of hydrogen-bond donors (Lipinski definition) is 2. The van der Waals surface area contributed by atoms with Gasteiger partial charge in [-0.3, -0.25) is 9.59 Å². The predicted octanol–water partition coefficient (Wildman–Crippen LogP) is 4.80. The Hall–Kier alpha value is -3.11. The van der Waals surface area contributed by atoms with E-state index in [1.165, 1.54) is 11.1 Å². The van der Waals surface area contributed by atoms with E-state index in [4.69, 9.17) is 11.6 Å². The SMILES string of the molecule is O=C(CCCNC(=O)c1ccc(Cl)cc1)NCC(c1ccccc1)c1ccccc1. The highest BCUT2D eigenvalue weighted by Gasteiger charge is 2.15. The molecule has 0 bridgehead atoms. The Morgan fingerprint density at radius 2 is 1.33 bits per heavy atom. The Balaban J connectivity index is 1.45. The number of amides is 2. The molecule has 0 heterocycles. The normalized spacial score (nSPS) is 10.6. The highest BCUT2D eigenvalue weighted by molar-refractivity contribution is 6.30. The van der Waals surface area contributed by atoms with Crippen molar-refractivity contribution in [2.24, 2.45) is 0 Å². The summed E-state index contributed by atoms with van der Waals surface area (Å²) in [4.78, 5) is 24.4. The first-order chi connectivity index (χ1) is 14.6. The Morgan fingerprint density at radius 3 is 1.90 bits per heavy atom. The lowest BCUT2D eigenvalue weighted by Crippen LogP contribution is -2.30. The van der Waals surface area contributed by atoms with Crippen molar-refractivity contribution in [1.82, 2.24) is 10.6 Å². The maximum atomic E-state index is 12.3. The van der Waals surface area contributed by atoms with Crippen molar-refractivity contribution in [3.8, 4) is 0 Å². The molecule has 154 valence electrons. The van der Waals surface area contributed by atoms with Gasteiger partial charge in [0.15, 0.2) is 0 Å². The quantitative estimate of drug-likeness (QED) is 0.488. The van der Waals surface area contributed by atoms with E-state index in [9.17, 15) is 9.59 Å². The van der Waals surface area contributed by atoms with Crippen molar-refractivity contribution in [3.63, 3.8) is 0 Å². The molecule has 0 saturated heterocycles. The van der Waals surface area contributed by atoms with Gasteiger partial charge in [-0.2, -0.15) is 0 Å². The number of benzene rings is 3. The van der Waals surface area contributed by atoms with Crippen LogP contribution >= 0.6 is 11.6 Å². The monoisotopic (exact) mass is 420 g/mol. The third kappa shape index (κ3) is 6.46. The topological polar surface area (TPSA) is 58.2 Å². The summed E-state index contributed by atoms with van der Waals surface area (Å²) in [6, 6.07) is 27.1. The van der Waals surface area contributed by atoms with Gasteiger partial charge in [-0.05, 0) is 41.8 Å². The van der Waals surface area contributed by atoms with E-state index in [2.05, 4.69) is 34.9 Å². The Morgan fingerprint density at radius 1 is 0.767 bits per heavy atom. The number of nitrogens with one attached hydrogen (secondary N) is 2. The fraction of sp³-hybridized carbons (Fsp3) is 0.200. The second kappa shape index (κ2) is 11.2. The molecule has 0 spiro atoms. The maximum absolute atomic E-state index is 12.3. The molecule has 0 unspecified atom stereocenters. The Kier molecular flexibility index (Phi) is 8.04. The van der Waals surface area contributed by atoms with Crippen LogP contribution < -0.4 is 10.6 Å². The summed E-state index contributed by atoms with van der Waals surface area (Å²) < 4.78 is 0. The first-order valence-electron chi connectivity index (χ1n) is 10.0. The minimum Gasteiger partial charge on any atom is -0.355 e. The van der Waals surface area contributed by atoms with Crippen LogP contribution in [-0.2, 0) is 4.79 Å². The zero-order chi connectivity index (χ0) is 21.2. The van der Waals surface area contributed by atoms with E-state index in [1.54, 1.807) is 24.3 Å². The van der Waals surface area contributed by atoms with Gasteiger partial charge in [-0.1, -0.05) is 72.3 Å². The highest BCUT2D eigenvalue weighted by atomic mass is 35.5. The van der Waals surface area contributed by atoms with E-state index >= 15 is 0 Å². The summed E-state index contributed by atoms with van der Waals surface area (Å²) in [7, 11) is 0. The van der Waals surface area contributed by atoms with E-state index in [1.807, 2.05) is 36.4 Å². The second-order valence-electron chi connectivity index (χ2n) is 7.04. The lowest BCUT2D eigenvalue weighted by molar-refractivity contribution is -0.121. The molecule has 4 nitrogen and oxygen atoms in total. The number of rotatable bonds is 9. The summed E-state index contributed by atoms with van der Waals surface area (Å²) in [5.41, 5.74) is 2.89. The molecule has 0 radical (unpaired) electrons. The maximum Gasteiger partial charge on any atom is 0.251 e. The third-order valence-electron chi connectivity index (χ3n) is 4.88. The molecule has 30 heavy (non-hydrogen) atoms. The lowest BCUT2D eigenvalue weighted by Gasteiger charge is -2.19. The van der Waals surface area contributed by atoms with Crippen molar-refractivity contribution in [2.75, 3.05) is 13.1 Å². The average molecular weight is 421 g/mol. The van der Waals surface area contributed by atoms with Gasteiger partial charge in [-0.15, -0.1) is 0 Å². The predicted molar refractivity (Wildman–Crippen MR) is 121 cm³/mol. The lowest BCUT2D eigenvalue weighted by atomic mass is 9.91. The molecule has 0 aliphatic rings. The van der Waals surface area contributed by atoms with Gasteiger partial charge in [0.2, 0.25) is 5.91 Å².